The van der Waals surface area contributed by atoms with Crippen LogP contribution >= 0.6 is 0 Å². The van der Waals surface area contributed by atoms with Crippen molar-refractivity contribution >= 4 is 11.9 Å². The first-order chi connectivity index (χ1) is 10.7. The number of carbonyl (C=O) groups excluding carboxylic acids is 1. The van der Waals surface area contributed by atoms with Crippen molar-refractivity contribution in [2.75, 3.05) is 20.3 Å². The molecule has 0 unspecified atom stereocenters. The lowest BCUT2D eigenvalue weighted by Gasteiger charge is -2.20. The molecule has 1 aromatic carbocycles. The monoisotopic (exact) mass is 324 g/mol. The fourth-order valence-electron chi connectivity index (χ4n) is 1.85. The van der Waals surface area contributed by atoms with Crippen molar-refractivity contribution in [1.29, 1.82) is 0 Å². The molecule has 0 bridgehead atoms. The van der Waals surface area contributed by atoms with Crippen LogP contribution in [0.3, 0.4) is 0 Å². The van der Waals surface area contributed by atoms with Gasteiger partial charge in [-0.2, -0.15) is 0 Å². The molecule has 0 aliphatic carbocycles. The summed E-state index contributed by atoms with van der Waals surface area (Å²) in [6, 6.07) is 5.22. The molecule has 0 saturated carbocycles. The fourth-order valence-corrected chi connectivity index (χ4v) is 1.85. The van der Waals surface area contributed by atoms with Crippen LogP contribution in [0.4, 0.5) is 0 Å². The Morgan fingerprint density at radius 3 is 2.48 bits per heavy atom. The lowest BCUT2D eigenvalue weighted by Crippen LogP contribution is -2.43. The fraction of sp³-hybridized carbons (Fsp3) is 0.500. The number of ether oxygens (including phenoxy) is 2. The van der Waals surface area contributed by atoms with E-state index in [1.165, 1.54) is 7.11 Å². The van der Waals surface area contributed by atoms with E-state index in [2.05, 4.69) is 10.6 Å². The summed E-state index contributed by atoms with van der Waals surface area (Å²) >= 11 is 0. The quantitative estimate of drug-likeness (QED) is 0.664. The van der Waals surface area contributed by atoms with Gasteiger partial charge in [0.25, 0.3) is 5.91 Å². The van der Waals surface area contributed by atoms with Gasteiger partial charge in [-0.1, -0.05) is 6.07 Å². The van der Waals surface area contributed by atoms with E-state index in [-0.39, 0.29) is 24.6 Å². The lowest BCUT2D eigenvalue weighted by atomic mass is 10.1. The Morgan fingerprint density at radius 1 is 1.22 bits per heavy atom. The molecule has 0 radical (unpaired) electrons. The maximum Gasteiger partial charge on any atom is 0.317 e. The minimum Gasteiger partial charge on any atom is -0.493 e. The van der Waals surface area contributed by atoms with E-state index in [9.17, 15) is 9.59 Å². The van der Waals surface area contributed by atoms with E-state index in [4.69, 9.17) is 14.6 Å². The molecule has 1 aromatic rings. The molecule has 0 spiro atoms. The van der Waals surface area contributed by atoms with Gasteiger partial charge in [0.05, 0.1) is 13.7 Å². The molecule has 7 nitrogen and oxygen atoms in total. The number of methoxy groups -OCH3 is 1. The Bertz CT molecular complexity index is 552. The van der Waals surface area contributed by atoms with Crippen LogP contribution in [0, 0.1) is 0 Å². The molecule has 128 valence electrons. The molecular weight excluding hydrogens is 300 g/mol. The third kappa shape index (κ3) is 7.51. The van der Waals surface area contributed by atoms with E-state index >= 15 is 0 Å². The van der Waals surface area contributed by atoms with Gasteiger partial charge in [0.1, 0.15) is 0 Å². The minimum atomic E-state index is -0.915. The molecule has 1 rings (SSSR count). The van der Waals surface area contributed by atoms with Crippen molar-refractivity contribution in [3.63, 3.8) is 0 Å². The first-order valence-corrected chi connectivity index (χ1v) is 7.24. The Balaban J connectivity index is 2.62. The van der Waals surface area contributed by atoms with Gasteiger partial charge >= 0.3 is 5.97 Å². The molecule has 3 N–H and O–H groups in total. The van der Waals surface area contributed by atoms with Crippen LogP contribution in [-0.4, -0.2) is 42.8 Å². The average Bonchev–Trinajstić information content (AvgIpc) is 2.43. The largest absolute Gasteiger partial charge is 0.493 e. The second-order valence-electron chi connectivity index (χ2n) is 6.07. The zero-order valence-electron chi connectivity index (χ0n) is 13.9. The summed E-state index contributed by atoms with van der Waals surface area (Å²) in [5.41, 5.74) is 0.541. The maximum absolute atomic E-state index is 11.8. The Labute approximate surface area is 136 Å². The molecule has 1 amide bonds. The van der Waals surface area contributed by atoms with Crippen molar-refractivity contribution in [2.45, 2.75) is 32.9 Å². The Morgan fingerprint density at radius 2 is 1.91 bits per heavy atom. The highest BCUT2D eigenvalue weighted by atomic mass is 16.5. The topological polar surface area (TPSA) is 96.9 Å². The summed E-state index contributed by atoms with van der Waals surface area (Å²) in [7, 11) is 1.51. The van der Waals surface area contributed by atoms with Crippen molar-refractivity contribution in [3.05, 3.63) is 23.8 Å². The summed E-state index contributed by atoms with van der Waals surface area (Å²) in [6.45, 7) is 5.85. The maximum atomic E-state index is 11.8. The molecule has 7 heteroatoms. The van der Waals surface area contributed by atoms with E-state index in [1.54, 1.807) is 18.2 Å². The number of carbonyl (C=O) groups is 2. The van der Waals surface area contributed by atoms with E-state index in [0.717, 1.165) is 5.56 Å². The second-order valence-corrected chi connectivity index (χ2v) is 6.07. The SMILES string of the molecule is COc1cc(CNCC(=O)O)ccc1OCC(=O)NC(C)(C)C. The molecule has 0 saturated heterocycles. The molecule has 0 heterocycles. The number of carboxylic acids is 1. The molecule has 0 aromatic heterocycles. The number of carboxylic acid groups (broad SMARTS) is 1. The van der Waals surface area contributed by atoms with Crippen LogP contribution in [-0.2, 0) is 16.1 Å². The predicted molar refractivity (Wildman–Crippen MR) is 85.7 cm³/mol. The average molecular weight is 324 g/mol. The van der Waals surface area contributed by atoms with Crippen molar-refractivity contribution < 1.29 is 24.2 Å². The summed E-state index contributed by atoms with van der Waals surface area (Å²) in [6.07, 6.45) is 0. The molecule has 0 fully saturated rings. The number of benzene rings is 1. The van der Waals surface area contributed by atoms with Gasteiger partial charge in [-0.05, 0) is 38.5 Å². The van der Waals surface area contributed by atoms with E-state index in [0.29, 0.717) is 18.0 Å². The number of aliphatic carboxylic acids is 1. The summed E-state index contributed by atoms with van der Waals surface area (Å²) < 4.78 is 10.7. The number of amides is 1. The number of hydrogen-bond acceptors (Lipinski definition) is 5. The minimum absolute atomic E-state index is 0.107. The van der Waals surface area contributed by atoms with Crippen LogP contribution in [0.2, 0.25) is 0 Å². The number of nitrogens with one attached hydrogen (secondary N) is 2. The highest BCUT2D eigenvalue weighted by Crippen LogP contribution is 2.28. The van der Waals surface area contributed by atoms with Gasteiger partial charge in [-0.25, -0.2) is 0 Å². The third-order valence-electron chi connectivity index (χ3n) is 2.71. The molecule has 0 aliphatic heterocycles. The first-order valence-electron chi connectivity index (χ1n) is 7.24. The second kappa shape index (κ2) is 8.38. The Hall–Kier alpha value is -2.28. The smallest absolute Gasteiger partial charge is 0.317 e. The summed E-state index contributed by atoms with van der Waals surface area (Å²) in [5.74, 6) is -0.185. The third-order valence-corrected chi connectivity index (χ3v) is 2.71. The summed E-state index contributed by atoms with van der Waals surface area (Å²) in [5, 5.41) is 14.2. The highest BCUT2D eigenvalue weighted by Gasteiger charge is 2.15. The first kappa shape index (κ1) is 18.8. The van der Waals surface area contributed by atoms with Gasteiger partial charge in [0.15, 0.2) is 18.1 Å². The van der Waals surface area contributed by atoms with Gasteiger partial charge in [0.2, 0.25) is 0 Å². The number of hydrogen-bond donors (Lipinski definition) is 3. The van der Waals surface area contributed by atoms with Gasteiger partial charge in [0, 0.05) is 12.1 Å². The van der Waals surface area contributed by atoms with Crippen LogP contribution in [0.25, 0.3) is 0 Å². The van der Waals surface area contributed by atoms with Crippen LogP contribution in [0.5, 0.6) is 11.5 Å². The molecular formula is C16H24N2O5. The van der Waals surface area contributed by atoms with Crippen molar-refractivity contribution in [2.24, 2.45) is 0 Å². The zero-order valence-corrected chi connectivity index (χ0v) is 13.9. The lowest BCUT2D eigenvalue weighted by molar-refractivity contribution is -0.136. The normalized spacial score (nSPS) is 11.0. The summed E-state index contributed by atoms with van der Waals surface area (Å²) in [4.78, 5) is 22.2. The predicted octanol–water partition coefficient (Wildman–Crippen LogP) is 1.16. The van der Waals surface area contributed by atoms with Crippen LogP contribution in [0.15, 0.2) is 18.2 Å². The molecule has 0 atom stereocenters. The zero-order chi connectivity index (χ0) is 17.5. The number of rotatable bonds is 8. The van der Waals surface area contributed by atoms with E-state index < -0.39 is 5.97 Å². The van der Waals surface area contributed by atoms with Gasteiger partial charge in [-0.3, -0.25) is 9.59 Å². The van der Waals surface area contributed by atoms with Crippen LogP contribution < -0.4 is 20.1 Å². The molecule has 23 heavy (non-hydrogen) atoms. The standard InChI is InChI=1S/C16H24N2O5/c1-16(2,3)18-14(19)10-23-12-6-5-11(7-13(12)22-4)8-17-9-15(20)21/h5-7,17H,8-10H2,1-4H3,(H,18,19)(H,20,21). The van der Waals surface area contributed by atoms with Crippen LogP contribution in [0.1, 0.15) is 26.3 Å². The van der Waals surface area contributed by atoms with E-state index in [1.807, 2.05) is 20.8 Å². The van der Waals surface area contributed by atoms with Gasteiger partial charge < -0.3 is 25.2 Å². The van der Waals surface area contributed by atoms with Crippen molar-refractivity contribution in [3.8, 4) is 11.5 Å². The molecule has 0 aliphatic rings. The van der Waals surface area contributed by atoms with Crippen molar-refractivity contribution in [1.82, 2.24) is 10.6 Å². The highest BCUT2D eigenvalue weighted by molar-refractivity contribution is 5.78. The Kier molecular flexibility index (Phi) is 6.84. The van der Waals surface area contributed by atoms with Gasteiger partial charge in [-0.15, -0.1) is 0 Å².